The van der Waals surface area contributed by atoms with Crippen molar-refractivity contribution in [3.8, 4) is 11.3 Å². The zero-order valence-corrected chi connectivity index (χ0v) is 20.4. The van der Waals surface area contributed by atoms with Gasteiger partial charge in [-0.15, -0.1) is 0 Å². The van der Waals surface area contributed by atoms with E-state index in [1.54, 1.807) is 12.3 Å². The summed E-state index contributed by atoms with van der Waals surface area (Å²) in [4.78, 5) is 17.9. The third-order valence-corrected chi connectivity index (χ3v) is 6.84. The smallest absolute Gasteiger partial charge is 0.227 e. The summed E-state index contributed by atoms with van der Waals surface area (Å²) >= 11 is 6.51. The Morgan fingerprint density at radius 2 is 1.85 bits per heavy atom. The zero-order valence-electron chi connectivity index (χ0n) is 19.6. The van der Waals surface area contributed by atoms with Crippen molar-refractivity contribution in [2.75, 3.05) is 50.0 Å². The average Bonchev–Trinajstić information content (AvgIpc) is 2.82. The van der Waals surface area contributed by atoms with Crippen LogP contribution in [0.3, 0.4) is 0 Å². The van der Waals surface area contributed by atoms with Gasteiger partial charge in [0.2, 0.25) is 5.95 Å². The summed E-state index contributed by atoms with van der Waals surface area (Å²) < 4.78 is 14.6. The van der Waals surface area contributed by atoms with Crippen molar-refractivity contribution < 1.29 is 4.39 Å². The van der Waals surface area contributed by atoms with Gasteiger partial charge in [0.1, 0.15) is 5.82 Å². The van der Waals surface area contributed by atoms with Crippen LogP contribution in [0.2, 0.25) is 5.02 Å². The molecule has 8 heteroatoms. The second-order valence-corrected chi connectivity index (χ2v) is 10.0. The molecule has 0 radical (unpaired) electrons. The van der Waals surface area contributed by atoms with E-state index >= 15 is 0 Å². The standard InChI is InChI=1S/C26H28ClFN6/c1-26(2)16-29-14-18-5-4-17(12-20(18)26)24-21(27)15-30-25(32-24)31-19-6-7-22(28)23(13-19)34-10-8-33(3)9-11-34/h4-7,12-15H,8-11,16H2,1-3H3,(H,30,31,32). The minimum Gasteiger partial charge on any atom is -0.367 e. The monoisotopic (exact) mass is 478 g/mol. The molecule has 0 amide bonds. The molecule has 1 N–H and O–H groups in total. The number of benzene rings is 2. The van der Waals surface area contributed by atoms with Crippen molar-refractivity contribution in [1.29, 1.82) is 0 Å². The Morgan fingerprint density at radius 3 is 2.65 bits per heavy atom. The van der Waals surface area contributed by atoms with E-state index in [4.69, 9.17) is 16.6 Å². The molecule has 0 unspecified atom stereocenters. The molecule has 34 heavy (non-hydrogen) atoms. The number of nitrogens with one attached hydrogen (secondary N) is 1. The number of hydrogen-bond acceptors (Lipinski definition) is 6. The number of anilines is 3. The Kier molecular flexibility index (Phi) is 6.00. The molecular weight excluding hydrogens is 451 g/mol. The number of fused-ring (bicyclic) bond motifs is 1. The largest absolute Gasteiger partial charge is 0.367 e. The van der Waals surface area contributed by atoms with Crippen molar-refractivity contribution in [1.82, 2.24) is 14.9 Å². The Morgan fingerprint density at radius 1 is 1.06 bits per heavy atom. The number of likely N-dealkylation sites (N-methyl/N-ethyl adjacent to an activating group) is 1. The molecule has 1 aromatic heterocycles. The van der Waals surface area contributed by atoms with E-state index < -0.39 is 0 Å². The molecule has 2 aromatic carbocycles. The second kappa shape index (κ2) is 8.96. The van der Waals surface area contributed by atoms with Gasteiger partial charge in [-0.2, -0.15) is 0 Å². The van der Waals surface area contributed by atoms with Crippen molar-refractivity contribution in [2.45, 2.75) is 19.3 Å². The molecule has 2 aliphatic heterocycles. The van der Waals surface area contributed by atoms with Gasteiger partial charge in [0, 0.05) is 55.6 Å². The fourth-order valence-corrected chi connectivity index (χ4v) is 4.70. The zero-order chi connectivity index (χ0) is 23.9. The molecule has 3 aromatic rings. The summed E-state index contributed by atoms with van der Waals surface area (Å²) in [6.45, 7) is 8.51. The van der Waals surface area contributed by atoms with Crippen LogP contribution in [-0.4, -0.2) is 60.9 Å². The molecule has 5 rings (SSSR count). The number of piperazine rings is 1. The van der Waals surface area contributed by atoms with E-state index in [0.717, 1.165) is 49.5 Å². The first-order valence-corrected chi connectivity index (χ1v) is 11.9. The first-order chi connectivity index (χ1) is 16.3. The van der Waals surface area contributed by atoms with Crippen molar-refractivity contribution in [3.05, 3.63) is 64.6 Å². The maximum Gasteiger partial charge on any atom is 0.227 e. The minimum absolute atomic E-state index is 0.0611. The van der Waals surface area contributed by atoms with Crippen LogP contribution in [0.5, 0.6) is 0 Å². The SMILES string of the molecule is CN1CCN(c2cc(Nc3ncc(Cl)c(-c4ccc5c(c4)C(C)(C)CN=C5)n3)ccc2F)CC1. The highest BCUT2D eigenvalue weighted by Crippen LogP contribution is 2.35. The van der Waals surface area contributed by atoms with Crippen molar-refractivity contribution >= 4 is 35.1 Å². The normalized spacial score (nSPS) is 17.5. The molecule has 1 fully saturated rings. The fourth-order valence-electron chi connectivity index (χ4n) is 4.50. The molecule has 0 saturated carbocycles. The molecule has 3 heterocycles. The van der Waals surface area contributed by atoms with Gasteiger partial charge in [-0.1, -0.05) is 37.6 Å². The molecule has 0 bridgehead atoms. The maximum absolute atomic E-state index is 14.6. The summed E-state index contributed by atoms with van der Waals surface area (Å²) in [5.41, 5.74) is 5.17. The molecule has 1 saturated heterocycles. The lowest BCUT2D eigenvalue weighted by Crippen LogP contribution is -2.44. The molecule has 176 valence electrons. The summed E-state index contributed by atoms with van der Waals surface area (Å²) in [5.74, 6) is 0.182. The number of aromatic nitrogens is 2. The van der Waals surface area contributed by atoms with E-state index in [-0.39, 0.29) is 11.2 Å². The predicted octanol–water partition coefficient (Wildman–Crippen LogP) is 5.14. The van der Waals surface area contributed by atoms with Crippen LogP contribution >= 0.6 is 11.6 Å². The van der Waals surface area contributed by atoms with Crippen LogP contribution in [-0.2, 0) is 5.41 Å². The predicted molar refractivity (Wildman–Crippen MR) is 137 cm³/mol. The van der Waals surface area contributed by atoms with E-state index in [1.807, 2.05) is 18.3 Å². The average molecular weight is 479 g/mol. The number of aliphatic imine (C=N–C) groups is 1. The Labute approximate surface area is 204 Å². The molecule has 6 nitrogen and oxygen atoms in total. The third-order valence-electron chi connectivity index (χ3n) is 6.56. The summed E-state index contributed by atoms with van der Waals surface area (Å²) in [6, 6.07) is 11.2. The quantitative estimate of drug-likeness (QED) is 0.562. The van der Waals surface area contributed by atoms with E-state index in [1.165, 1.54) is 11.6 Å². The summed E-state index contributed by atoms with van der Waals surface area (Å²) in [6.07, 6.45) is 3.52. The second-order valence-electron chi connectivity index (χ2n) is 9.63. The van der Waals surface area contributed by atoms with E-state index in [9.17, 15) is 4.39 Å². The van der Waals surface area contributed by atoms with Crippen LogP contribution in [0.4, 0.5) is 21.7 Å². The van der Waals surface area contributed by atoms with Crippen LogP contribution in [0.25, 0.3) is 11.3 Å². The van der Waals surface area contributed by atoms with E-state index in [2.05, 4.69) is 58.1 Å². The number of rotatable bonds is 4. The van der Waals surface area contributed by atoms with Crippen LogP contribution in [0, 0.1) is 5.82 Å². The van der Waals surface area contributed by atoms with Gasteiger partial charge < -0.3 is 15.1 Å². The van der Waals surface area contributed by atoms with Gasteiger partial charge in [0.15, 0.2) is 0 Å². The van der Waals surface area contributed by atoms with Crippen LogP contribution in [0.1, 0.15) is 25.0 Å². The molecule has 0 atom stereocenters. The molecule has 2 aliphatic rings. The van der Waals surface area contributed by atoms with Gasteiger partial charge in [0.05, 0.1) is 22.6 Å². The van der Waals surface area contributed by atoms with Crippen molar-refractivity contribution in [2.24, 2.45) is 4.99 Å². The number of nitrogens with zero attached hydrogens (tertiary/aromatic N) is 5. The van der Waals surface area contributed by atoms with Crippen LogP contribution in [0.15, 0.2) is 47.6 Å². The maximum atomic E-state index is 14.6. The highest BCUT2D eigenvalue weighted by molar-refractivity contribution is 6.32. The number of hydrogen-bond donors (Lipinski definition) is 1. The minimum atomic E-state index is -0.229. The van der Waals surface area contributed by atoms with Gasteiger partial charge in [-0.25, -0.2) is 14.4 Å². The highest BCUT2D eigenvalue weighted by Gasteiger charge is 2.26. The molecule has 0 spiro atoms. The van der Waals surface area contributed by atoms with Gasteiger partial charge in [-0.05, 0) is 42.4 Å². The highest BCUT2D eigenvalue weighted by atomic mass is 35.5. The van der Waals surface area contributed by atoms with Crippen LogP contribution < -0.4 is 10.2 Å². The molecule has 0 aliphatic carbocycles. The van der Waals surface area contributed by atoms with Crippen molar-refractivity contribution in [3.63, 3.8) is 0 Å². The Bertz CT molecular complexity index is 1250. The summed E-state index contributed by atoms with van der Waals surface area (Å²) in [7, 11) is 2.08. The number of halogens is 2. The topological polar surface area (TPSA) is 56.6 Å². The lowest BCUT2D eigenvalue weighted by atomic mass is 9.79. The lowest BCUT2D eigenvalue weighted by molar-refractivity contribution is 0.311. The van der Waals surface area contributed by atoms with Gasteiger partial charge in [-0.3, -0.25) is 4.99 Å². The lowest BCUT2D eigenvalue weighted by Gasteiger charge is -2.34. The van der Waals surface area contributed by atoms with Gasteiger partial charge >= 0.3 is 0 Å². The first kappa shape index (κ1) is 22.7. The molecular formula is C26H28ClFN6. The Hall–Kier alpha value is -3.03. The fraction of sp³-hybridized carbons (Fsp3) is 0.346. The van der Waals surface area contributed by atoms with Gasteiger partial charge in [0.25, 0.3) is 0 Å². The first-order valence-electron chi connectivity index (χ1n) is 11.5. The summed E-state index contributed by atoms with van der Waals surface area (Å²) in [5, 5.41) is 3.71. The van der Waals surface area contributed by atoms with E-state index in [0.29, 0.717) is 22.4 Å². The third kappa shape index (κ3) is 4.50. The Balaban J connectivity index is 1.43.